The minimum Gasteiger partial charge on any atom is -0.378 e. The van der Waals surface area contributed by atoms with Crippen LogP contribution in [0.1, 0.15) is 44.9 Å². The quantitative estimate of drug-likeness (QED) is 0.799. The average molecular weight is 294 g/mol. The zero-order chi connectivity index (χ0) is 14.2. The van der Waals surface area contributed by atoms with Crippen LogP contribution in [0, 0.1) is 5.41 Å². The summed E-state index contributed by atoms with van der Waals surface area (Å²) in [5, 5.41) is 3.65. The van der Waals surface area contributed by atoms with Crippen molar-refractivity contribution in [2.24, 2.45) is 5.41 Å². The van der Waals surface area contributed by atoms with Crippen LogP contribution in [0.5, 0.6) is 0 Å². The van der Waals surface area contributed by atoms with Crippen LogP contribution in [-0.2, 0) is 9.47 Å². The topological polar surface area (TPSA) is 33.7 Å². The highest BCUT2D eigenvalue weighted by molar-refractivity contribution is 4.98. The summed E-state index contributed by atoms with van der Waals surface area (Å²) >= 11 is 0. The Labute approximate surface area is 128 Å². The average Bonchev–Trinajstić information content (AvgIpc) is 2.96. The van der Waals surface area contributed by atoms with E-state index >= 15 is 0 Å². The molecular weight excluding hydrogens is 264 g/mol. The Balaban J connectivity index is 1.43. The smallest absolute Gasteiger partial charge is 0.0951 e. The van der Waals surface area contributed by atoms with Crippen LogP contribution in [0.4, 0.5) is 0 Å². The van der Waals surface area contributed by atoms with Crippen molar-refractivity contribution in [3.63, 3.8) is 0 Å². The summed E-state index contributed by atoms with van der Waals surface area (Å²) in [4.78, 5) is 2.80. The van der Waals surface area contributed by atoms with Gasteiger partial charge in [-0.3, -0.25) is 4.90 Å². The molecule has 3 unspecified atom stereocenters. The van der Waals surface area contributed by atoms with Crippen molar-refractivity contribution in [2.75, 3.05) is 46.0 Å². The van der Waals surface area contributed by atoms with Crippen LogP contribution in [0.2, 0.25) is 0 Å². The van der Waals surface area contributed by atoms with Gasteiger partial charge < -0.3 is 14.8 Å². The van der Waals surface area contributed by atoms with E-state index in [0.29, 0.717) is 5.41 Å². The molecule has 4 rings (SSSR count). The van der Waals surface area contributed by atoms with Crippen molar-refractivity contribution < 1.29 is 9.47 Å². The van der Waals surface area contributed by atoms with Crippen molar-refractivity contribution in [1.82, 2.24) is 10.2 Å². The molecule has 3 atom stereocenters. The summed E-state index contributed by atoms with van der Waals surface area (Å²) < 4.78 is 11.8. The van der Waals surface area contributed by atoms with Gasteiger partial charge >= 0.3 is 0 Å². The van der Waals surface area contributed by atoms with Gasteiger partial charge in [-0.1, -0.05) is 0 Å². The first-order valence-electron chi connectivity index (χ1n) is 8.96. The molecule has 0 amide bonds. The second-order valence-electron chi connectivity index (χ2n) is 7.84. The first-order chi connectivity index (χ1) is 10.3. The molecule has 4 heterocycles. The Kier molecular flexibility index (Phi) is 3.99. The number of likely N-dealkylation sites (tertiary alicyclic amines) is 1. The lowest BCUT2D eigenvalue weighted by Crippen LogP contribution is -2.56. The minimum atomic E-state index is 0.0539. The first-order valence-corrected chi connectivity index (χ1v) is 8.96. The van der Waals surface area contributed by atoms with Gasteiger partial charge in [-0.2, -0.15) is 0 Å². The Morgan fingerprint density at radius 2 is 2.05 bits per heavy atom. The van der Waals surface area contributed by atoms with Gasteiger partial charge in [0.25, 0.3) is 0 Å². The molecule has 0 aromatic carbocycles. The van der Waals surface area contributed by atoms with Crippen molar-refractivity contribution in [1.29, 1.82) is 0 Å². The van der Waals surface area contributed by atoms with Gasteiger partial charge in [-0.15, -0.1) is 0 Å². The molecule has 4 saturated heterocycles. The number of hydrogen-bond acceptors (Lipinski definition) is 4. The van der Waals surface area contributed by atoms with Crippen LogP contribution < -0.4 is 5.32 Å². The third kappa shape index (κ3) is 2.88. The van der Waals surface area contributed by atoms with E-state index in [2.05, 4.69) is 10.2 Å². The summed E-state index contributed by atoms with van der Waals surface area (Å²) in [5.41, 5.74) is 0.618. The minimum absolute atomic E-state index is 0.0539. The molecule has 1 N–H and O–H groups in total. The molecule has 21 heavy (non-hydrogen) atoms. The second-order valence-corrected chi connectivity index (χ2v) is 7.84. The van der Waals surface area contributed by atoms with Gasteiger partial charge in [0.2, 0.25) is 0 Å². The molecule has 0 aliphatic carbocycles. The molecule has 4 nitrogen and oxygen atoms in total. The monoisotopic (exact) mass is 294 g/mol. The number of ether oxygens (including phenoxy) is 2. The largest absolute Gasteiger partial charge is 0.378 e. The number of piperidine rings is 2. The molecule has 4 aliphatic rings. The van der Waals surface area contributed by atoms with Crippen molar-refractivity contribution in [3.05, 3.63) is 0 Å². The van der Waals surface area contributed by atoms with Gasteiger partial charge in [-0.25, -0.2) is 0 Å². The standard InChI is InChI=1S/C17H30N2O2/c1-4-16(12-18-7-1)5-2-8-19(13-16)15-3-9-21-17(11-15)6-10-20-14-17/h15,18H,1-14H2. The highest BCUT2D eigenvalue weighted by Crippen LogP contribution is 2.40. The second kappa shape index (κ2) is 5.80. The lowest BCUT2D eigenvalue weighted by atomic mass is 9.73. The summed E-state index contributed by atoms with van der Waals surface area (Å²) in [6.07, 6.45) is 9.09. The highest BCUT2D eigenvalue weighted by Gasteiger charge is 2.45. The predicted octanol–water partition coefficient (Wildman–Crippen LogP) is 1.79. The molecule has 4 fully saturated rings. The third-order valence-corrected chi connectivity index (χ3v) is 6.30. The Morgan fingerprint density at radius 3 is 2.86 bits per heavy atom. The van der Waals surface area contributed by atoms with Gasteiger partial charge in [0.15, 0.2) is 0 Å². The van der Waals surface area contributed by atoms with Gasteiger partial charge in [0, 0.05) is 38.8 Å². The molecule has 0 aromatic rings. The fraction of sp³-hybridized carbons (Fsp3) is 1.00. The van der Waals surface area contributed by atoms with Gasteiger partial charge in [0.05, 0.1) is 12.2 Å². The number of rotatable bonds is 1. The van der Waals surface area contributed by atoms with E-state index in [1.165, 1.54) is 64.7 Å². The van der Waals surface area contributed by atoms with Crippen LogP contribution in [0.15, 0.2) is 0 Å². The van der Waals surface area contributed by atoms with Crippen molar-refractivity contribution in [3.8, 4) is 0 Å². The molecular formula is C17H30N2O2. The fourth-order valence-corrected chi connectivity index (χ4v) is 5.11. The molecule has 0 saturated carbocycles. The molecule has 4 heteroatoms. The SMILES string of the molecule is C1CNCC2(C1)CCCN(C1CCOC3(CCOC3)C1)C2. The molecule has 2 spiro atoms. The third-order valence-electron chi connectivity index (χ3n) is 6.30. The summed E-state index contributed by atoms with van der Waals surface area (Å²) in [7, 11) is 0. The lowest BCUT2D eigenvalue weighted by Gasteiger charge is -2.50. The zero-order valence-corrected chi connectivity index (χ0v) is 13.2. The number of hydrogen-bond donors (Lipinski definition) is 1. The fourth-order valence-electron chi connectivity index (χ4n) is 5.11. The predicted molar refractivity (Wildman–Crippen MR) is 82.5 cm³/mol. The van der Waals surface area contributed by atoms with Gasteiger partial charge in [-0.05, 0) is 57.0 Å². The molecule has 0 bridgehead atoms. The first kappa shape index (κ1) is 14.4. The molecule has 120 valence electrons. The molecule has 4 aliphatic heterocycles. The Bertz CT molecular complexity index is 356. The molecule has 0 radical (unpaired) electrons. The summed E-state index contributed by atoms with van der Waals surface area (Å²) in [5.74, 6) is 0. The van der Waals surface area contributed by atoms with E-state index < -0.39 is 0 Å². The lowest BCUT2D eigenvalue weighted by molar-refractivity contribution is -0.114. The summed E-state index contributed by atoms with van der Waals surface area (Å²) in [6, 6.07) is 0.722. The van der Waals surface area contributed by atoms with E-state index in [9.17, 15) is 0 Å². The summed E-state index contributed by atoms with van der Waals surface area (Å²) in [6.45, 7) is 7.70. The zero-order valence-electron chi connectivity index (χ0n) is 13.2. The maximum atomic E-state index is 6.12. The van der Waals surface area contributed by atoms with Gasteiger partial charge in [0.1, 0.15) is 0 Å². The van der Waals surface area contributed by atoms with Crippen LogP contribution in [0.25, 0.3) is 0 Å². The van der Waals surface area contributed by atoms with E-state index in [-0.39, 0.29) is 5.60 Å². The normalized spacial score (nSPS) is 45.4. The maximum absolute atomic E-state index is 6.12. The maximum Gasteiger partial charge on any atom is 0.0951 e. The van der Waals surface area contributed by atoms with E-state index in [4.69, 9.17) is 9.47 Å². The van der Waals surface area contributed by atoms with Crippen LogP contribution in [0.3, 0.4) is 0 Å². The number of nitrogens with zero attached hydrogens (tertiary/aromatic N) is 1. The Morgan fingerprint density at radius 1 is 1.10 bits per heavy atom. The van der Waals surface area contributed by atoms with E-state index in [1.54, 1.807) is 0 Å². The van der Waals surface area contributed by atoms with E-state index in [0.717, 1.165) is 32.3 Å². The van der Waals surface area contributed by atoms with E-state index in [1.807, 2.05) is 0 Å². The van der Waals surface area contributed by atoms with Crippen LogP contribution in [-0.4, -0.2) is 62.5 Å². The Hall–Kier alpha value is -0.160. The van der Waals surface area contributed by atoms with Crippen molar-refractivity contribution in [2.45, 2.75) is 56.6 Å². The van der Waals surface area contributed by atoms with Crippen LogP contribution >= 0.6 is 0 Å². The van der Waals surface area contributed by atoms with Crippen molar-refractivity contribution >= 4 is 0 Å². The number of nitrogens with one attached hydrogen (secondary N) is 1. The highest BCUT2D eigenvalue weighted by atomic mass is 16.6. The molecule has 0 aromatic heterocycles.